The van der Waals surface area contributed by atoms with Gasteiger partial charge in [-0.05, 0) is 44.2 Å². The molecule has 1 N–H and O–H groups in total. The van der Waals surface area contributed by atoms with Crippen LogP contribution < -0.4 is 5.32 Å². The number of hydrogen-bond donors (Lipinski definition) is 1. The van der Waals surface area contributed by atoms with Gasteiger partial charge in [-0.3, -0.25) is 0 Å². The van der Waals surface area contributed by atoms with Crippen molar-refractivity contribution in [3.8, 4) is 0 Å². The Kier molecular flexibility index (Phi) is 8.52. The van der Waals surface area contributed by atoms with E-state index in [1.165, 1.54) is 17.5 Å². The van der Waals surface area contributed by atoms with Gasteiger partial charge in [0.25, 0.3) is 0 Å². The zero-order chi connectivity index (χ0) is 13.9. The molecule has 19 heavy (non-hydrogen) atoms. The second-order valence-electron chi connectivity index (χ2n) is 5.21. The molecule has 0 aliphatic heterocycles. The number of nitrogens with one attached hydrogen (secondary N) is 1. The van der Waals surface area contributed by atoms with Gasteiger partial charge in [0.1, 0.15) is 0 Å². The zero-order valence-electron chi connectivity index (χ0n) is 12.7. The molecule has 108 valence electrons. The van der Waals surface area contributed by atoms with Crippen molar-refractivity contribution in [3.05, 3.63) is 35.4 Å². The third-order valence-corrected chi connectivity index (χ3v) is 3.33. The van der Waals surface area contributed by atoms with Crippen LogP contribution in [0.25, 0.3) is 0 Å². The molecule has 0 heterocycles. The lowest BCUT2D eigenvalue weighted by Gasteiger charge is -2.18. The Morgan fingerprint density at radius 1 is 1.05 bits per heavy atom. The molecule has 0 amide bonds. The minimum atomic E-state index is 0.559. The van der Waals surface area contributed by atoms with E-state index >= 15 is 0 Å². The van der Waals surface area contributed by atoms with E-state index in [-0.39, 0.29) is 0 Å². The minimum Gasteiger partial charge on any atom is -0.381 e. The van der Waals surface area contributed by atoms with Crippen LogP contribution in [0.1, 0.15) is 50.2 Å². The van der Waals surface area contributed by atoms with E-state index in [0.29, 0.717) is 5.92 Å². The lowest BCUT2D eigenvalue weighted by molar-refractivity contribution is 0.127. The summed E-state index contributed by atoms with van der Waals surface area (Å²) in [5.41, 5.74) is 2.75. The summed E-state index contributed by atoms with van der Waals surface area (Å²) in [5, 5.41) is 3.53. The lowest BCUT2D eigenvalue weighted by Crippen LogP contribution is -2.23. The highest BCUT2D eigenvalue weighted by Gasteiger charge is 2.10. The van der Waals surface area contributed by atoms with E-state index in [0.717, 1.165) is 39.1 Å². The fourth-order valence-corrected chi connectivity index (χ4v) is 2.15. The Hall–Kier alpha value is -0.860. The molecule has 0 fully saturated rings. The van der Waals surface area contributed by atoms with Gasteiger partial charge in [-0.2, -0.15) is 0 Å². The van der Waals surface area contributed by atoms with Gasteiger partial charge in [-0.25, -0.2) is 0 Å². The molecular weight excluding hydrogens is 234 g/mol. The Morgan fingerprint density at radius 3 is 2.42 bits per heavy atom. The summed E-state index contributed by atoms with van der Waals surface area (Å²) in [7, 11) is 0. The largest absolute Gasteiger partial charge is 0.381 e. The molecule has 1 atom stereocenters. The van der Waals surface area contributed by atoms with Crippen LogP contribution in [0.4, 0.5) is 0 Å². The average Bonchev–Trinajstić information content (AvgIpc) is 2.43. The van der Waals surface area contributed by atoms with Crippen molar-refractivity contribution in [1.82, 2.24) is 5.32 Å². The van der Waals surface area contributed by atoms with Crippen LogP contribution in [-0.2, 0) is 4.74 Å². The molecule has 0 saturated carbocycles. The molecular formula is C17H29NO. The molecule has 1 aromatic rings. The first kappa shape index (κ1) is 16.2. The number of benzene rings is 1. The van der Waals surface area contributed by atoms with Crippen LogP contribution in [-0.4, -0.2) is 26.3 Å². The van der Waals surface area contributed by atoms with Gasteiger partial charge in [-0.1, -0.05) is 43.7 Å². The summed E-state index contributed by atoms with van der Waals surface area (Å²) in [6.07, 6.45) is 3.38. The summed E-state index contributed by atoms with van der Waals surface area (Å²) in [6, 6.07) is 8.92. The Bertz CT molecular complexity index is 321. The number of ether oxygens (including phenoxy) is 1. The fraction of sp³-hybridized carbons (Fsp3) is 0.647. The van der Waals surface area contributed by atoms with Crippen molar-refractivity contribution in [2.75, 3.05) is 26.3 Å². The third kappa shape index (κ3) is 6.74. The van der Waals surface area contributed by atoms with E-state index in [4.69, 9.17) is 4.74 Å². The molecule has 2 nitrogen and oxygen atoms in total. The van der Waals surface area contributed by atoms with Crippen LogP contribution in [0.15, 0.2) is 24.3 Å². The zero-order valence-corrected chi connectivity index (χ0v) is 12.7. The van der Waals surface area contributed by atoms with Gasteiger partial charge in [0.05, 0.1) is 0 Å². The Balaban J connectivity index is 2.49. The highest BCUT2D eigenvalue weighted by Crippen LogP contribution is 2.19. The molecule has 0 spiro atoms. The van der Waals surface area contributed by atoms with Gasteiger partial charge in [-0.15, -0.1) is 0 Å². The molecule has 0 saturated heterocycles. The standard InChI is InChI=1S/C17H29NO/c1-4-11-18-14-17(10-13-19-12-5-2)16-8-6-15(3)7-9-16/h6-9,17-18H,4-5,10-14H2,1-3H3. The number of rotatable bonds is 10. The summed E-state index contributed by atoms with van der Waals surface area (Å²) < 4.78 is 5.64. The molecule has 1 unspecified atom stereocenters. The molecule has 0 aliphatic carbocycles. The van der Waals surface area contributed by atoms with Crippen molar-refractivity contribution in [1.29, 1.82) is 0 Å². The second-order valence-corrected chi connectivity index (χ2v) is 5.21. The predicted octanol–water partition coefficient (Wildman–Crippen LogP) is 3.89. The van der Waals surface area contributed by atoms with Crippen LogP contribution in [0.2, 0.25) is 0 Å². The quantitative estimate of drug-likeness (QED) is 0.647. The van der Waals surface area contributed by atoms with Crippen molar-refractivity contribution in [2.24, 2.45) is 0 Å². The second kappa shape index (κ2) is 9.99. The van der Waals surface area contributed by atoms with E-state index in [1.54, 1.807) is 0 Å². The van der Waals surface area contributed by atoms with E-state index in [1.807, 2.05) is 0 Å². The summed E-state index contributed by atoms with van der Waals surface area (Å²) in [6.45, 7) is 10.4. The van der Waals surface area contributed by atoms with E-state index < -0.39 is 0 Å². The molecule has 0 aliphatic rings. The van der Waals surface area contributed by atoms with Crippen molar-refractivity contribution >= 4 is 0 Å². The molecule has 0 aromatic heterocycles. The maximum atomic E-state index is 5.64. The smallest absolute Gasteiger partial charge is 0.0472 e. The Morgan fingerprint density at radius 2 is 1.79 bits per heavy atom. The molecule has 1 aromatic carbocycles. The van der Waals surface area contributed by atoms with Crippen LogP contribution in [0, 0.1) is 6.92 Å². The number of aryl methyl sites for hydroxylation is 1. The van der Waals surface area contributed by atoms with Crippen molar-refractivity contribution in [3.63, 3.8) is 0 Å². The maximum Gasteiger partial charge on any atom is 0.0472 e. The average molecular weight is 263 g/mol. The van der Waals surface area contributed by atoms with Crippen LogP contribution in [0.5, 0.6) is 0 Å². The summed E-state index contributed by atoms with van der Waals surface area (Å²) >= 11 is 0. The first-order valence-corrected chi connectivity index (χ1v) is 7.63. The lowest BCUT2D eigenvalue weighted by atomic mass is 9.95. The topological polar surface area (TPSA) is 21.3 Å². The summed E-state index contributed by atoms with van der Waals surface area (Å²) in [5.74, 6) is 0.559. The summed E-state index contributed by atoms with van der Waals surface area (Å²) in [4.78, 5) is 0. The first-order chi connectivity index (χ1) is 9.27. The number of hydrogen-bond acceptors (Lipinski definition) is 2. The molecule has 2 heteroatoms. The van der Waals surface area contributed by atoms with Gasteiger partial charge >= 0.3 is 0 Å². The first-order valence-electron chi connectivity index (χ1n) is 7.63. The van der Waals surface area contributed by atoms with Crippen LogP contribution in [0.3, 0.4) is 0 Å². The van der Waals surface area contributed by atoms with E-state index in [2.05, 4.69) is 50.4 Å². The van der Waals surface area contributed by atoms with Gasteiger partial charge in [0.2, 0.25) is 0 Å². The highest BCUT2D eigenvalue weighted by molar-refractivity contribution is 5.24. The Labute approximate surface area is 118 Å². The van der Waals surface area contributed by atoms with Gasteiger partial charge in [0.15, 0.2) is 0 Å². The third-order valence-electron chi connectivity index (χ3n) is 3.33. The predicted molar refractivity (Wildman–Crippen MR) is 82.8 cm³/mol. The molecule has 1 rings (SSSR count). The minimum absolute atomic E-state index is 0.559. The molecule has 0 radical (unpaired) electrons. The van der Waals surface area contributed by atoms with E-state index in [9.17, 15) is 0 Å². The SMILES string of the molecule is CCCNCC(CCOCCC)c1ccc(C)cc1. The monoisotopic (exact) mass is 263 g/mol. The fourth-order valence-electron chi connectivity index (χ4n) is 2.15. The normalized spacial score (nSPS) is 12.6. The van der Waals surface area contributed by atoms with Gasteiger partial charge < -0.3 is 10.1 Å². The van der Waals surface area contributed by atoms with Crippen LogP contribution >= 0.6 is 0 Å². The maximum absolute atomic E-state index is 5.64. The van der Waals surface area contributed by atoms with Gasteiger partial charge in [0, 0.05) is 19.8 Å². The van der Waals surface area contributed by atoms with Crippen molar-refractivity contribution < 1.29 is 4.74 Å². The highest BCUT2D eigenvalue weighted by atomic mass is 16.5. The molecule has 0 bridgehead atoms. The van der Waals surface area contributed by atoms with Crippen molar-refractivity contribution in [2.45, 2.75) is 46.0 Å².